The average molecular weight is 278 g/mol. The zero-order valence-electron chi connectivity index (χ0n) is 11.8. The van der Waals surface area contributed by atoms with Gasteiger partial charge < -0.3 is 4.90 Å². The van der Waals surface area contributed by atoms with Crippen molar-refractivity contribution in [3.05, 3.63) is 10.6 Å². The Kier molecular flexibility index (Phi) is 3.37. The second-order valence-corrected chi connectivity index (χ2v) is 7.03. The van der Waals surface area contributed by atoms with E-state index in [4.69, 9.17) is 4.98 Å². The highest BCUT2D eigenvalue weighted by Gasteiger charge is 2.37. The fourth-order valence-corrected chi connectivity index (χ4v) is 4.12. The maximum atomic E-state index is 11.2. The van der Waals surface area contributed by atoms with Crippen molar-refractivity contribution in [1.29, 1.82) is 0 Å². The molecular weight excluding hydrogens is 256 g/mol. The highest BCUT2D eigenvalue weighted by molar-refractivity contribution is 7.17. The van der Waals surface area contributed by atoms with Gasteiger partial charge in [0.2, 0.25) is 0 Å². The number of rotatable bonds is 5. The summed E-state index contributed by atoms with van der Waals surface area (Å²) in [5.41, 5.74) is 1.53. The third kappa shape index (κ3) is 2.31. The van der Waals surface area contributed by atoms with Gasteiger partial charge in [-0.05, 0) is 37.5 Å². The molecule has 0 bridgehead atoms. The lowest BCUT2D eigenvalue weighted by atomic mass is 9.82. The minimum Gasteiger partial charge on any atom is -0.347 e. The monoisotopic (exact) mass is 278 g/mol. The van der Waals surface area contributed by atoms with Crippen molar-refractivity contribution in [3.63, 3.8) is 0 Å². The minimum absolute atomic E-state index is 0.465. The summed E-state index contributed by atoms with van der Waals surface area (Å²) in [5, 5.41) is 1.08. The third-order valence-electron chi connectivity index (χ3n) is 4.95. The van der Waals surface area contributed by atoms with Crippen molar-refractivity contribution in [2.75, 3.05) is 18.0 Å². The Morgan fingerprint density at radius 3 is 2.68 bits per heavy atom. The van der Waals surface area contributed by atoms with Crippen molar-refractivity contribution >= 4 is 22.8 Å². The second-order valence-electron chi connectivity index (χ2n) is 6.02. The minimum atomic E-state index is 0.465. The van der Waals surface area contributed by atoms with Crippen LogP contribution in [0.25, 0.3) is 0 Å². The maximum absolute atomic E-state index is 11.2. The van der Waals surface area contributed by atoms with Crippen LogP contribution in [-0.2, 0) is 0 Å². The summed E-state index contributed by atoms with van der Waals surface area (Å²) < 4.78 is 0. The van der Waals surface area contributed by atoms with Gasteiger partial charge in [-0.15, -0.1) is 0 Å². The van der Waals surface area contributed by atoms with Crippen molar-refractivity contribution in [2.24, 2.45) is 5.41 Å². The Morgan fingerprint density at radius 1 is 1.42 bits per heavy atom. The first-order valence-electron chi connectivity index (χ1n) is 7.42. The van der Waals surface area contributed by atoms with Crippen LogP contribution in [0.1, 0.15) is 67.2 Å². The van der Waals surface area contributed by atoms with E-state index in [2.05, 4.69) is 18.7 Å². The third-order valence-corrected chi connectivity index (χ3v) is 6.01. The second kappa shape index (κ2) is 4.89. The largest absolute Gasteiger partial charge is 0.347 e. The Morgan fingerprint density at radius 2 is 2.16 bits per heavy atom. The van der Waals surface area contributed by atoms with Gasteiger partial charge in [0.1, 0.15) is 0 Å². The molecule has 3 nitrogen and oxygen atoms in total. The molecule has 2 heterocycles. The van der Waals surface area contributed by atoms with Gasteiger partial charge in [0, 0.05) is 19.0 Å². The van der Waals surface area contributed by atoms with Gasteiger partial charge in [-0.2, -0.15) is 0 Å². The number of thiazole rings is 1. The molecule has 104 valence electrons. The molecule has 2 fully saturated rings. The zero-order chi connectivity index (χ0) is 13.5. The van der Waals surface area contributed by atoms with Gasteiger partial charge in [-0.3, -0.25) is 4.79 Å². The summed E-state index contributed by atoms with van der Waals surface area (Å²) in [6, 6.07) is 0. The van der Waals surface area contributed by atoms with Crippen LogP contribution in [0, 0.1) is 5.41 Å². The molecule has 19 heavy (non-hydrogen) atoms. The number of aldehydes is 1. The predicted molar refractivity (Wildman–Crippen MR) is 79.3 cm³/mol. The smallest absolute Gasteiger partial charge is 0.186 e. The van der Waals surface area contributed by atoms with Crippen LogP contribution < -0.4 is 4.90 Å². The topological polar surface area (TPSA) is 33.2 Å². The van der Waals surface area contributed by atoms with E-state index in [1.54, 1.807) is 11.3 Å². The first-order chi connectivity index (χ1) is 9.21. The number of anilines is 1. The molecule has 1 aromatic heterocycles. The van der Waals surface area contributed by atoms with Crippen LogP contribution in [0.3, 0.4) is 0 Å². The van der Waals surface area contributed by atoms with Gasteiger partial charge >= 0.3 is 0 Å². The fourth-order valence-electron chi connectivity index (χ4n) is 3.13. The van der Waals surface area contributed by atoms with E-state index < -0.39 is 0 Å². The lowest BCUT2D eigenvalue weighted by Gasteiger charge is -2.26. The van der Waals surface area contributed by atoms with Crippen molar-refractivity contribution in [3.8, 4) is 0 Å². The number of nitrogens with zero attached hydrogens (tertiary/aromatic N) is 2. The number of hydrogen-bond acceptors (Lipinski definition) is 4. The molecule has 0 unspecified atom stereocenters. The van der Waals surface area contributed by atoms with E-state index in [0.717, 1.165) is 35.1 Å². The molecule has 1 saturated heterocycles. The number of hydrogen-bond donors (Lipinski definition) is 0. The number of carbonyl (C=O) groups is 1. The normalized spacial score (nSPS) is 21.9. The molecule has 0 N–H and O–H groups in total. The molecule has 4 heteroatoms. The molecule has 0 radical (unpaired) electrons. The average Bonchev–Trinajstić information content (AvgIpc) is 3.06. The molecule has 0 spiro atoms. The van der Waals surface area contributed by atoms with Gasteiger partial charge in [-0.25, -0.2) is 4.98 Å². The summed E-state index contributed by atoms with van der Waals surface area (Å²) in [4.78, 5) is 19.2. The standard InChI is InChI=1S/C15H22N2OS/c1-3-15(4-2)7-8-17(10-15)14-16-13(11-5-6-11)12(9-18)19-14/h9,11H,3-8,10H2,1-2H3. The van der Waals surface area contributed by atoms with Crippen LogP contribution in [-0.4, -0.2) is 24.4 Å². The van der Waals surface area contributed by atoms with Crippen LogP contribution in [0.2, 0.25) is 0 Å². The van der Waals surface area contributed by atoms with Gasteiger partial charge in [0.15, 0.2) is 11.4 Å². The summed E-state index contributed by atoms with van der Waals surface area (Å²) in [5.74, 6) is 0.565. The predicted octanol–water partition coefficient (Wildman–Crippen LogP) is 3.85. The molecular formula is C15H22N2OS. The van der Waals surface area contributed by atoms with Crippen LogP contribution >= 0.6 is 11.3 Å². The molecule has 2 aliphatic rings. The van der Waals surface area contributed by atoms with Crippen LogP contribution in [0.15, 0.2) is 0 Å². The van der Waals surface area contributed by atoms with Crippen molar-refractivity contribution in [1.82, 2.24) is 4.98 Å². The van der Waals surface area contributed by atoms with Crippen molar-refractivity contribution in [2.45, 2.75) is 51.9 Å². The Balaban J connectivity index is 1.81. The van der Waals surface area contributed by atoms with E-state index in [-0.39, 0.29) is 0 Å². The highest BCUT2D eigenvalue weighted by atomic mass is 32.1. The molecule has 1 aromatic rings. The number of carbonyl (C=O) groups excluding carboxylic acids is 1. The summed E-state index contributed by atoms with van der Waals surface area (Å²) in [6.07, 6.45) is 7.14. The zero-order valence-corrected chi connectivity index (χ0v) is 12.6. The maximum Gasteiger partial charge on any atom is 0.186 e. The molecule has 1 saturated carbocycles. The quantitative estimate of drug-likeness (QED) is 0.767. The molecule has 1 aliphatic heterocycles. The van der Waals surface area contributed by atoms with E-state index >= 15 is 0 Å². The van der Waals surface area contributed by atoms with Gasteiger partial charge in [0.25, 0.3) is 0 Å². The van der Waals surface area contributed by atoms with Gasteiger partial charge in [-0.1, -0.05) is 25.2 Å². The highest BCUT2D eigenvalue weighted by Crippen LogP contribution is 2.45. The van der Waals surface area contributed by atoms with Crippen molar-refractivity contribution < 1.29 is 4.79 Å². The Labute approximate surface area is 119 Å². The molecule has 0 aromatic carbocycles. The summed E-state index contributed by atoms with van der Waals surface area (Å²) in [7, 11) is 0. The molecule has 3 rings (SSSR count). The Hall–Kier alpha value is -0.900. The summed E-state index contributed by atoms with van der Waals surface area (Å²) in [6.45, 7) is 6.79. The van der Waals surface area contributed by atoms with E-state index in [9.17, 15) is 4.79 Å². The van der Waals surface area contributed by atoms with E-state index in [1.807, 2.05) is 0 Å². The SMILES string of the molecule is CCC1(CC)CCN(c2nc(C3CC3)c(C=O)s2)C1. The first kappa shape index (κ1) is 13.1. The number of aromatic nitrogens is 1. The van der Waals surface area contributed by atoms with Crippen LogP contribution in [0.5, 0.6) is 0 Å². The lowest BCUT2D eigenvalue weighted by Crippen LogP contribution is -2.26. The fraction of sp³-hybridized carbons (Fsp3) is 0.733. The van der Waals surface area contributed by atoms with E-state index in [1.165, 1.54) is 32.1 Å². The van der Waals surface area contributed by atoms with E-state index in [0.29, 0.717) is 11.3 Å². The molecule has 0 atom stereocenters. The Bertz CT molecular complexity index is 474. The summed E-state index contributed by atoms with van der Waals surface area (Å²) >= 11 is 1.59. The van der Waals surface area contributed by atoms with Gasteiger partial charge in [0.05, 0.1) is 10.6 Å². The van der Waals surface area contributed by atoms with Crippen LogP contribution in [0.4, 0.5) is 5.13 Å². The molecule has 0 amide bonds. The first-order valence-corrected chi connectivity index (χ1v) is 8.24. The molecule has 1 aliphatic carbocycles. The lowest BCUT2D eigenvalue weighted by molar-refractivity contribution is 0.112.